The van der Waals surface area contributed by atoms with Gasteiger partial charge in [-0.15, -0.1) is 0 Å². The van der Waals surface area contributed by atoms with Crippen molar-refractivity contribution in [2.45, 2.75) is 161 Å². The molecule has 12 aliphatic rings. The number of rotatable bonds is 17. The van der Waals surface area contributed by atoms with Gasteiger partial charge in [-0.3, -0.25) is 14.4 Å². The molecule has 30 heteroatoms. The molecule has 105 heavy (non-hydrogen) atoms. The molecule has 6 aromatic rings. The second-order valence-corrected chi connectivity index (χ2v) is 37.9. The summed E-state index contributed by atoms with van der Waals surface area (Å²) in [4.78, 5) is 44.1. The first-order valence-corrected chi connectivity index (χ1v) is 41.1. The zero-order valence-electron chi connectivity index (χ0n) is 58.1. The summed E-state index contributed by atoms with van der Waals surface area (Å²) in [7, 11) is -17.3. The van der Waals surface area contributed by atoms with Crippen LogP contribution in [-0.2, 0) is 76.0 Å². The third kappa shape index (κ3) is 22.3. The molecule has 18 rings (SSSR count). The van der Waals surface area contributed by atoms with Crippen LogP contribution in [0.1, 0.15) is 116 Å². The Balaban J connectivity index is 0.000000178. The second-order valence-electron chi connectivity index (χ2n) is 28.9. The summed E-state index contributed by atoms with van der Waals surface area (Å²) in [6.07, 6.45) is 17.7. The maximum atomic E-state index is 13.1. The van der Waals surface area contributed by atoms with E-state index in [0.29, 0.717) is 74.0 Å². The molecule has 12 aliphatic carbocycles. The van der Waals surface area contributed by atoms with Crippen molar-refractivity contribution in [3.05, 3.63) is 182 Å². The second kappa shape index (κ2) is 37.3. The molecule has 6 aromatic carbocycles. The molecule has 0 radical (unpaired) electrons. The van der Waals surface area contributed by atoms with Crippen LogP contribution in [0.3, 0.4) is 0 Å². The van der Waals surface area contributed by atoms with E-state index in [1.807, 2.05) is 0 Å². The number of aliphatic hydroxyl groups is 1. The molecule has 0 heterocycles. The quantitative estimate of drug-likeness (QED) is 0.0258. The SMILES string of the molecule is O=C(Cl)C12CC3CC(CC(C3)C1)C2.O=C(OCC(F)(F)S(=O)(=O)[O-])C12CC3CC(CC(C3)C1)C2.O=C(OCC(F)(F)S(=O)(=O)[O-])C12CC3CC(CC(C3)C1)C2.O=S(=O)([O-])C(F)(F)CO.[Br-].[Na+].[Na+].c1ccc([S+](c2ccccc2)c2ccccc2)cc1.c1ccc([S+](c2ccccc2)c2ccccc2)cc1. The third-order valence-electron chi connectivity index (χ3n) is 21.3. The number of ether oxygens (including phenoxy) is 2. The van der Waals surface area contributed by atoms with Gasteiger partial charge in [0.05, 0.1) is 32.6 Å². The minimum absolute atomic E-state index is 0. The number of esters is 2. The van der Waals surface area contributed by atoms with Gasteiger partial charge >= 0.3 is 86.8 Å². The molecule has 12 fully saturated rings. The van der Waals surface area contributed by atoms with E-state index in [2.05, 4.69) is 191 Å². The van der Waals surface area contributed by atoms with E-state index in [9.17, 15) is 79.6 Å². The fraction of sp³-hybridized carbons (Fsp3) is 0.480. The predicted molar refractivity (Wildman–Crippen MR) is 369 cm³/mol. The van der Waals surface area contributed by atoms with Crippen LogP contribution >= 0.6 is 11.6 Å². The van der Waals surface area contributed by atoms with Gasteiger partial charge in [-0.25, -0.2) is 25.3 Å². The number of hydrogen-bond acceptors (Lipinski definition) is 15. The zero-order valence-corrected chi connectivity index (χ0v) is 68.5. The van der Waals surface area contributed by atoms with Crippen molar-refractivity contribution in [1.82, 2.24) is 0 Å². The number of benzene rings is 6. The van der Waals surface area contributed by atoms with Crippen LogP contribution in [0, 0.1) is 69.5 Å². The van der Waals surface area contributed by atoms with E-state index in [1.165, 1.54) is 48.6 Å². The maximum Gasteiger partial charge on any atom is 1.00 e. The summed E-state index contributed by atoms with van der Waals surface area (Å²) in [5, 5.41) is -6.11. The van der Waals surface area contributed by atoms with Crippen molar-refractivity contribution in [1.29, 1.82) is 0 Å². The third-order valence-corrected chi connectivity index (χ3v) is 28.7. The van der Waals surface area contributed by atoms with Crippen molar-refractivity contribution in [2.75, 3.05) is 19.8 Å². The summed E-state index contributed by atoms with van der Waals surface area (Å²) in [5.74, 6) is 3.59. The van der Waals surface area contributed by atoms with Crippen LogP contribution in [0.5, 0.6) is 0 Å². The van der Waals surface area contributed by atoms with Gasteiger partial charge in [-0.05, 0) is 253 Å². The summed E-state index contributed by atoms with van der Waals surface area (Å²) < 4.78 is 175. The van der Waals surface area contributed by atoms with Gasteiger partial charge in [-0.1, -0.05) is 109 Å². The molecular formula is C75H82BrClF6Na2O15S5. The summed E-state index contributed by atoms with van der Waals surface area (Å²) in [6.45, 7) is -5.34. The molecule has 0 saturated heterocycles. The van der Waals surface area contributed by atoms with E-state index in [-0.39, 0.29) is 109 Å². The Labute approximate surface area is 676 Å². The maximum absolute atomic E-state index is 13.1. The molecule has 0 spiro atoms. The minimum atomic E-state index is -5.81. The van der Waals surface area contributed by atoms with Crippen LogP contribution in [0.15, 0.2) is 211 Å². The van der Waals surface area contributed by atoms with Gasteiger partial charge in [0.1, 0.15) is 6.61 Å². The van der Waals surface area contributed by atoms with Crippen molar-refractivity contribution >= 4 is 80.9 Å². The van der Waals surface area contributed by atoms with E-state index < -0.39 is 88.7 Å². The van der Waals surface area contributed by atoms with Crippen LogP contribution in [-0.4, -0.2) is 96.8 Å². The van der Waals surface area contributed by atoms with E-state index in [0.717, 1.165) is 75.5 Å². The molecule has 0 unspecified atom stereocenters. The first-order valence-electron chi connectivity index (χ1n) is 34.1. The number of carbonyl (C=O) groups excluding carboxylic acids is 3. The summed E-state index contributed by atoms with van der Waals surface area (Å²) in [5.41, 5.74) is -1.55. The number of aliphatic hydroxyl groups excluding tert-OH is 1. The van der Waals surface area contributed by atoms with Crippen LogP contribution < -0.4 is 76.1 Å². The van der Waals surface area contributed by atoms with Crippen LogP contribution in [0.2, 0.25) is 0 Å². The average Bonchev–Trinajstić information content (AvgIpc) is 0.750. The summed E-state index contributed by atoms with van der Waals surface area (Å²) in [6, 6.07) is 64.3. The number of alkyl halides is 6. The van der Waals surface area contributed by atoms with Crippen molar-refractivity contribution in [3.8, 4) is 0 Å². The Morgan fingerprint density at radius 3 is 0.686 bits per heavy atom. The molecule has 1 N–H and O–H groups in total. The summed E-state index contributed by atoms with van der Waals surface area (Å²) >= 11 is 5.76. The molecule has 0 atom stereocenters. The standard InChI is InChI=1S/2C18H15S.2C13H18F2O5S.C11H15ClO.C2H4F2O4S.BrH.2Na/c2*1-4-10-16(11-5-1)19(17-12-6-2-7-13-17)18-14-8-3-9-15-18;2*14-13(15,21(17,18)19)7-20-11(16)12-4-8-1-9(5-12)3-10(2-8)6-12;12-10(13)11-4-7-1-8(5-11)3-9(2-7)6-11;3-2(4,1-5)9(6,7)8;;;/h2*1-15H;2*8-10H,1-7H2,(H,17,18,19);7-9H,1-6H2;5H,1H2,(H,6,7,8);1H;;/q2*+1;;;;;;2*+1/p-4. The molecule has 0 amide bonds. The van der Waals surface area contributed by atoms with Crippen molar-refractivity contribution < 1.29 is 170 Å². The fourth-order valence-electron chi connectivity index (χ4n) is 18.1. The Kier molecular flexibility index (Phi) is 31.6. The topological polar surface area (TPSA) is 262 Å². The van der Waals surface area contributed by atoms with Gasteiger partial charge in [-0.2, -0.15) is 26.3 Å². The van der Waals surface area contributed by atoms with Crippen LogP contribution in [0.25, 0.3) is 0 Å². The molecule has 0 aromatic heterocycles. The smallest absolute Gasteiger partial charge is 1.00 e. The number of hydrogen-bond donors (Lipinski definition) is 1. The minimum Gasteiger partial charge on any atom is -1.00 e. The molecule has 12 saturated carbocycles. The molecular weight excluding hydrogens is 1580 g/mol. The number of halogens is 8. The molecule has 0 aliphatic heterocycles. The fourth-order valence-corrected chi connectivity index (χ4v) is 23.1. The van der Waals surface area contributed by atoms with E-state index in [4.69, 9.17) is 16.7 Å². The predicted octanol–water partition coefficient (Wildman–Crippen LogP) is 6.43. The Morgan fingerprint density at radius 1 is 0.371 bits per heavy atom. The number of carbonyl (C=O) groups is 3. The Hall–Kier alpha value is -3.33. The molecule has 15 nitrogen and oxygen atoms in total. The van der Waals surface area contributed by atoms with Gasteiger partial charge in [0.25, 0.3) is 0 Å². The normalized spacial score (nSPS) is 26.9. The van der Waals surface area contributed by atoms with Crippen LogP contribution in [0.4, 0.5) is 26.3 Å². The van der Waals surface area contributed by atoms with Gasteiger partial charge < -0.3 is 45.2 Å². The molecule has 12 bridgehead atoms. The molecule has 560 valence electrons. The monoisotopic (exact) mass is 1660 g/mol. The first-order chi connectivity index (χ1) is 48.1. The zero-order chi connectivity index (χ0) is 73.5. The van der Waals surface area contributed by atoms with Crippen molar-refractivity contribution in [2.24, 2.45) is 69.5 Å². The Morgan fingerprint density at radius 2 is 0.543 bits per heavy atom. The van der Waals surface area contributed by atoms with E-state index >= 15 is 0 Å². The average molecular weight is 1660 g/mol. The van der Waals surface area contributed by atoms with Gasteiger partial charge in [0, 0.05) is 5.41 Å². The largest absolute Gasteiger partial charge is 1.00 e. The van der Waals surface area contributed by atoms with Gasteiger partial charge in [0.15, 0.2) is 72.9 Å². The van der Waals surface area contributed by atoms with Crippen molar-refractivity contribution in [3.63, 3.8) is 0 Å². The first kappa shape index (κ1) is 88.9. The van der Waals surface area contributed by atoms with Gasteiger partial charge in [0.2, 0.25) is 5.24 Å². The van der Waals surface area contributed by atoms with E-state index in [1.54, 1.807) is 0 Å². The Bertz CT molecular complexity index is 3670.